The van der Waals surface area contributed by atoms with E-state index < -0.39 is 24.2 Å². The molecule has 0 spiro atoms. The van der Waals surface area contributed by atoms with Gasteiger partial charge in [0.2, 0.25) is 0 Å². The van der Waals surface area contributed by atoms with Gasteiger partial charge in [-0.1, -0.05) is 12.1 Å². The fourth-order valence-electron chi connectivity index (χ4n) is 4.23. The Morgan fingerprint density at radius 2 is 2.12 bits per heavy atom. The summed E-state index contributed by atoms with van der Waals surface area (Å²) in [6.45, 7) is 4.37. The molecule has 1 fully saturated rings. The SMILES string of the molecule is COc1cccc([C@@H]2C[C@H](C(F)(F)F)n3ncc(C(=O)NCCCN4CCOCC4)c3N2)c1. The normalized spacial score (nSPS) is 21.2. The second-order valence-corrected chi connectivity index (χ2v) is 8.18. The molecule has 0 aliphatic carbocycles. The standard InChI is InChI=1S/C22H28F3N5O3/c1-32-16-5-2-4-15(12-16)18-13-19(22(23,24)25)30-20(28-18)17(14-27-30)21(31)26-6-3-7-29-8-10-33-11-9-29/h2,4-5,12,14,18-19,28H,3,6-11,13H2,1H3,(H,26,31)/t18-,19+/m0/s1. The number of halogens is 3. The van der Waals surface area contributed by atoms with Crippen LogP contribution in [0, 0.1) is 0 Å². The topological polar surface area (TPSA) is 80.7 Å². The highest BCUT2D eigenvalue weighted by Gasteiger charge is 2.47. The van der Waals surface area contributed by atoms with Gasteiger partial charge in [0.05, 0.1) is 32.6 Å². The monoisotopic (exact) mass is 467 g/mol. The molecule has 3 heterocycles. The molecule has 1 saturated heterocycles. The third-order valence-corrected chi connectivity index (χ3v) is 6.02. The number of rotatable bonds is 7. The van der Waals surface area contributed by atoms with Crippen LogP contribution in [-0.2, 0) is 4.74 Å². The van der Waals surface area contributed by atoms with Crippen molar-refractivity contribution < 1.29 is 27.4 Å². The number of aromatic nitrogens is 2. The molecule has 2 aliphatic rings. The Balaban J connectivity index is 1.48. The van der Waals surface area contributed by atoms with Gasteiger partial charge in [-0.05, 0) is 30.7 Å². The Morgan fingerprint density at radius 1 is 1.33 bits per heavy atom. The van der Waals surface area contributed by atoms with Crippen LogP contribution in [0.1, 0.15) is 40.8 Å². The number of hydrogen-bond acceptors (Lipinski definition) is 6. The molecule has 0 unspecified atom stereocenters. The highest BCUT2D eigenvalue weighted by atomic mass is 19.4. The van der Waals surface area contributed by atoms with Crippen LogP contribution in [0.25, 0.3) is 0 Å². The molecule has 1 aromatic carbocycles. The van der Waals surface area contributed by atoms with E-state index in [2.05, 4.69) is 20.6 Å². The zero-order valence-electron chi connectivity index (χ0n) is 18.4. The van der Waals surface area contributed by atoms with Crippen LogP contribution in [0.4, 0.5) is 19.0 Å². The molecule has 33 heavy (non-hydrogen) atoms. The smallest absolute Gasteiger partial charge is 0.410 e. The molecule has 2 aromatic rings. The van der Waals surface area contributed by atoms with Crippen molar-refractivity contribution in [2.75, 3.05) is 51.8 Å². The number of anilines is 1. The quantitative estimate of drug-likeness (QED) is 0.610. The van der Waals surface area contributed by atoms with Gasteiger partial charge >= 0.3 is 6.18 Å². The average Bonchev–Trinajstić information content (AvgIpc) is 3.25. The number of fused-ring (bicyclic) bond motifs is 1. The molecule has 4 rings (SSSR count). The van der Waals surface area contributed by atoms with Crippen molar-refractivity contribution >= 4 is 11.7 Å². The first-order valence-electron chi connectivity index (χ1n) is 11.0. The maximum absolute atomic E-state index is 13.9. The van der Waals surface area contributed by atoms with E-state index in [1.807, 2.05) is 0 Å². The van der Waals surface area contributed by atoms with Crippen molar-refractivity contribution in [2.45, 2.75) is 31.1 Å². The van der Waals surface area contributed by atoms with Crippen LogP contribution in [0.5, 0.6) is 5.75 Å². The van der Waals surface area contributed by atoms with Gasteiger partial charge in [-0.15, -0.1) is 0 Å². The van der Waals surface area contributed by atoms with Crippen molar-refractivity contribution in [1.82, 2.24) is 20.0 Å². The van der Waals surface area contributed by atoms with Crippen LogP contribution < -0.4 is 15.4 Å². The van der Waals surface area contributed by atoms with Gasteiger partial charge in [0.25, 0.3) is 5.91 Å². The second-order valence-electron chi connectivity index (χ2n) is 8.18. The first-order valence-corrected chi connectivity index (χ1v) is 11.0. The Labute approximate surface area is 190 Å². The number of methoxy groups -OCH3 is 1. The highest BCUT2D eigenvalue weighted by molar-refractivity contribution is 5.98. The summed E-state index contributed by atoms with van der Waals surface area (Å²) < 4.78 is 53.0. The lowest BCUT2D eigenvalue weighted by Crippen LogP contribution is -2.38. The number of alkyl halides is 3. The summed E-state index contributed by atoms with van der Waals surface area (Å²) in [6.07, 6.45) is -2.82. The third-order valence-electron chi connectivity index (χ3n) is 6.02. The zero-order chi connectivity index (χ0) is 23.4. The van der Waals surface area contributed by atoms with Gasteiger partial charge in [-0.25, -0.2) is 4.68 Å². The molecule has 0 saturated carbocycles. The van der Waals surface area contributed by atoms with Crippen molar-refractivity contribution in [3.05, 3.63) is 41.6 Å². The number of amides is 1. The van der Waals surface area contributed by atoms with Crippen molar-refractivity contribution in [3.63, 3.8) is 0 Å². The lowest BCUT2D eigenvalue weighted by molar-refractivity contribution is -0.173. The van der Waals surface area contributed by atoms with Gasteiger partial charge in [-0.3, -0.25) is 9.69 Å². The first-order chi connectivity index (χ1) is 15.9. The van der Waals surface area contributed by atoms with E-state index in [9.17, 15) is 18.0 Å². The molecule has 0 radical (unpaired) electrons. The molecule has 2 atom stereocenters. The largest absolute Gasteiger partial charge is 0.497 e. The van der Waals surface area contributed by atoms with Crippen molar-refractivity contribution in [1.29, 1.82) is 0 Å². The first kappa shape index (κ1) is 23.4. The van der Waals surface area contributed by atoms with Crippen molar-refractivity contribution in [2.24, 2.45) is 0 Å². The minimum atomic E-state index is -4.51. The van der Waals surface area contributed by atoms with E-state index in [-0.39, 0.29) is 17.8 Å². The lowest BCUT2D eigenvalue weighted by atomic mass is 9.96. The Bertz CT molecular complexity index is 959. The molecule has 180 valence electrons. The predicted molar refractivity (Wildman–Crippen MR) is 116 cm³/mol. The van der Waals surface area contributed by atoms with E-state index in [0.29, 0.717) is 31.1 Å². The zero-order valence-corrected chi connectivity index (χ0v) is 18.4. The Morgan fingerprint density at radius 3 is 2.85 bits per heavy atom. The Kier molecular flexibility index (Phi) is 7.08. The fraction of sp³-hybridized carbons (Fsp3) is 0.545. The van der Waals surface area contributed by atoms with Gasteiger partial charge in [0, 0.05) is 26.1 Å². The summed E-state index contributed by atoms with van der Waals surface area (Å²) in [5.41, 5.74) is 0.746. The average molecular weight is 467 g/mol. The summed E-state index contributed by atoms with van der Waals surface area (Å²) in [7, 11) is 1.50. The van der Waals surface area contributed by atoms with Crippen LogP contribution in [0.15, 0.2) is 30.5 Å². The summed E-state index contributed by atoms with van der Waals surface area (Å²) in [5.74, 6) is 0.176. The minimum Gasteiger partial charge on any atom is -0.497 e. The number of morpholine rings is 1. The van der Waals surface area contributed by atoms with E-state index in [0.717, 1.165) is 30.7 Å². The molecule has 8 nitrogen and oxygen atoms in total. The van der Waals surface area contributed by atoms with Crippen LogP contribution in [-0.4, -0.2) is 73.3 Å². The van der Waals surface area contributed by atoms with E-state index in [1.54, 1.807) is 24.3 Å². The van der Waals surface area contributed by atoms with Gasteiger partial charge in [-0.2, -0.15) is 18.3 Å². The van der Waals surface area contributed by atoms with Crippen LogP contribution in [0.3, 0.4) is 0 Å². The van der Waals surface area contributed by atoms with Crippen LogP contribution >= 0.6 is 0 Å². The number of benzene rings is 1. The maximum atomic E-state index is 13.9. The van der Waals surface area contributed by atoms with Crippen molar-refractivity contribution in [3.8, 4) is 5.75 Å². The summed E-state index contributed by atoms with van der Waals surface area (Å²) in [5, 5.41) is 9.83. The third kappa shape index (κ3) is 5.41. The van der Waals surface area contributed by atoms with Gasteiger partial charge in [0.1, 0.15) is 17.1 Å². The molecule has 2 aliphatic heterocycles. The van der Waals surface area contributed by atoms with Crippen LogP contribution in [0.2, 0.25) is 0 Å². The number of nitrogens with one attached hydrogen (secondary N) is 2. The number of carbonyl (C=O) groups is 1. The summed E-state index contributed by atoms with van der Waals surface area (Å²) in [6, 6.07) is 4.41. The number of ether oxygens (including phenoxy) is 2. The fourth-order valence-corrected chi connectivity index (χ4v) is 4.23. The molecular formula is C22H28F3N5O3. The maximum Gasteiger partial charge on any atom is 0.410 e. The number of carbonyl (C=O) groups excluding carboxylic acids is 1. The molecule has 1 aromatic heterocycles. The van der Waals surface area contributed by atoms with E-state index >= 15 is 0 Å². The van der Waals surface area contributed by atoms with Gasteiger partial charge < -0.3 is 20.1 Å². The highest BCUT2D eigenvalue weighted by Crippen LogP contribution is 2.44. The molecular weight excluding hydrogens is 439 g/mol. The molecule has 1 amide bonds. The summed E-state index contributed by atoms with van der Waals surface area (Å²) in [4.78, 5) is 15.0. The number of hydrogen-bond donors (Lipinski definition) is 2. The minimum absolute atomic E-state index is 0.0714. The molecule has 2 N–H and O–H groups in total. The molecule has 0 bridgehead atoms. The molecule has 11 heteroatoms. The van der Waals surface area contributed by atoms with Gasteiger partial charge in [0.15, 0.2) is 6.04 Å². The second kappa shape index (κ2) is 10.0. The summed E-state index contributed by atoms with van der Waals surface area (Å²) >= 11 is 0. The van der Waals surface area contributed by atoms with E-state index in [1.165, 1.54) is 13.3 Å². The van der Waals surface area contributed by atoms with E-state index in [4.69, 9.17) is 9.47 Å². The predicted octanol–water partition coefficient (Wildman–Crippen LogP) is 3.00. The Hall–Kier alpha value is -2.79. The lowest BCUT2D eigenvalue weighted by Gasteiger charge is -2.34. The number of nitrogens with zero attached hydrogens (tertiary/aromatic N) is 3.